The van der Waals surface area contributed by atoms with E-state index in [0.29, 0.717) is 12.5 Å². The van der Waals surface area contributed by atoms with E-state index in [4.69, 9.17) is 4.74 Å². The molecule has 6 nitrogen and oxygen atoms in total. The Balaban J connectivity index is 1.51. The zero-order valence-corrected chi connectivity index (χ0v) is 16.8. The second-order valence-corrected chi connectivity index (χ2v) is 7.69. The van der Waals surface area contributed by atoms with Crippen LogP contribution in [0.1, 0.15) is 25.7 Å². The van der Waals surface area contributed by atoms with Crippen LogP contribution in [-0.2, 0) is 0 Å². The lowest BCUT2D eigenvalue weighted by molar-refractivity contribution is 0.280. The highest BCUT2D eigenvalue weighted by Crippen LogP contribution is 2.27. The van der Waals surface area contributed by atoms with E-state index in [2.05, 4.69) is 58.2 Å². The molecule has 2 aromatic heterocycles. The molecule has 0 bridgehead atoms. The second-order valence-electron chi connectivity index (χ2n) is 7.69. The normalized spacial score (nSPS) is 14.3. The minimum atomic E-state index is 0.646. The van der Waals surface area contributed by atoms with Gasteiger partial charge in [-0.15, -0.1) is 5.10 Å². The van der Waals surface area contributed by atoms with E-state index < -0.39 is 0 Å². The van der Waals surface area contributed by atoms with Gasteiger partial charge in [0.1, 0.15) is 0 Å². The molecule has 6 heteroatoms. The SMILES string of the molecule is CN(C)CCCCOc1ccc2ncc(-c3cccc(N4CCCC4)c3)n2n1. The average molecular weight is 380 g/mol. The van der Waals surface area contributed by atoms with Gasteiger partial charge < -0.3 is 14.5 Å². The number of aromatic nitrogens is 3. The lowest BCUT2D eigenvalue weighted by Crippen LogP contribution is -2.17. The van der Waals surface area contributed by atoms with Crippen molar-refractivity contribution < 1.29 is 4.74 Å². The van der Waals surface area contributed by atoms with E-state index >= 15 is 0 Å². The number of rotatable bonds is 8. The van der Waals surface area contributed by atoms with E-state index in [1.165, 1.54) is 18.5 Å². The van der Waals surface area contributed by atoms with Crippen LogP contribution < -0.4 is 9.64 Å². The smallest absolute Gasteiger partial charge is 0.231 e. The molecule has 1 aliphatic rings. The summed E-state index contributed by atoms with van der Waals surface area (Å²) in [5.74, 6) is 0.646. The number of nitrogens with zero attached hydrogens (tertiary/aromatic N) is 5. The summed E-state index contributed by atoms with van der Waals surface area (Å²) >= 11 is 0. The monoisotopic (exact) mass is 379 g/mol. The number of unbranched alkanes of at least 4 members (excludes halogenated alkanes) is 1. The Morgan fingerprint density at radius 2 is 1.93 bits per heavy atom. The van der Waals surface area contributed by atoms with Crippen LogP contribution in [0, 0.1) is 0 Å². The molecule has 1 aromatic carbocycles. The van der Waals surface area contributed by atoms with Crippen LogP contribution >= 0.6 is 0 Å². The molecule has 3 aromatic rings. The molecule has 1 aliphatic heterocycles. The first-order valence-corrected chi connectivity index (χ1v) is 10.2. The Hall–Kier alpha value is -2.60. The fraction of sp³-hybridized carbons (Fsp3) is 0.455. The molecule has 0 radical (unpaired) electrons. The molecule has 0 unspecified atom stereocenters. The molecule has 1 fully saturated rings. The first-order chi connectivity index (χ1) is 13.7. The Labute approximate surface area is 166 Å². The molecule has 4 rings (SSSR count). The zero-order chi connectivity index (χ0) is 19.3. The third-order valence-corrected chi connectivity index (χ3v) is 5.20. The van der Waals surface area contributed by atoms with Crippen molar-refractivity contribution in [1.29, 1.82) is 0 Å². The fourth-order valence-corrected chi connectivity index (χ4v) is 3.67. The van der Waals surface area contributed by atoms with E-state index in [9.17, 15) is 0 Å². The fourth-order valence-electron chi connectivity index (χ4n) is 3.67. The predicted molar refractivity (Wildman–Crippen MR) is 113 cm³/mol. The predicted octanol–water partition coefficient (Wildman–Crippen LogP) is 3.72. The van der Waals surface area contributed by atoms with Crippen molar-refractivity contribution in [3.8, 4) is 17.1 Å². The van der Waals surface area contributed by atoms with Crippen molar-refractivity contribution in [2.24, 2.45) is 0 Å². The molecule has 0 aliphatic carbocycles. The van der Waals surface area contributed by atoms with Crippen LogP contribution in [0.5, 0.6) is 5.88 Å². The van der Waals surface area contributed by atoms with Gasteiger partial charge in [-0.25, -0.2) is 9.50 Å². The molecule has 1 saturated heterocycles. The van der Waals surface area contributed by atoms with E-state index in [1.807, 2.05) is 22.8 Å². The van der Waals surface area contributed by atoms with Crippen LogP contribution in [0.15, 0.2) is 42.6 Å². The summed E-state index contributed by atoms with van der Waals surface area (Å²) in [4.78, 5) is 9.16. The summed E-state index contributed by atoms with van der Waals surface area (Å²) in [6.45, 7) is 4.04. The first-order valence-electron chi connectivity index (χ1n) is 10.2. The number of imidazole rings is 1. The molecule has 0 saturated carbocycles. The average Bonchev–Trinajstić information content (AvgIpc) is 3.37. The number of hydrogen-bond acceptors (Lipinski definition) is 5. The van der Waals surface area contributed by atoms with Gasteiger partial charge in [-0.1, -0.05) is 12.1 Å². The Kier molecular flexibility index (Phi) is 5.76. The molecule has 0 N–H and O–H groups in total. The molecule has 148 valence electrons. The lowest BCUT2D eigenvalue weighted by atomic mass is 10.1. The van der Waals surface area contributed by atoms with Gasteiger partial charge in [0, 0.05) is 30.4 Å². The van der Waals surface area contributed by atoms with Crippen molar-refractivity contribution >= 4 is 11.3 Å². The lowest BCUT2D eigenvalue weighted by Gasteiger charge is -2.18. The van der Waals surface area contributed by atoms with Gasteiger partial charge in [-0.3, -0.25) is 0 Å². The van der Waals surface area contributed by atoms with Crippen molar-refractivity contribution in [2.75, 3.05) is 45.2 Å². The van der Waals surface area contributed by atoms with Crippen LogP contribution in [0.4, 0.5) is 5.69 Å². The summed E-state index contributed by atoms with van der Waals surface area (Å²) in [6.07, 6.45) is 6.58. The van der Waals surface area contributed by atoms with E-state index in [-0.39, 0.29) is 0 Å². The van der Waals surface area contributed by atoms with Gasteiger partial charge in [-0.05, 0) is 64.5 Å². The van der Waals surface area contributed by atoms with Crippen molar-refractivity contribution in [3.63, 3.8) is 0 Å². The molecule has 3 heterocycles. The first kappa shape index (κ1) is 18.7. The number of fused-ring (bicyclic) bond motifs is 1. The van der Waals surface area contributed by atoms with E-state index in [0.717, 1.165) is 49.4 Å². The topological polar surface area (TPSA) is 45.9 Å². The summed E-state index contributed by atoms with van der Waals surface area (Å²) < 4.78 is 7.76. The van der Waals surface area contributed by atoms with Gasteiger partial charge in [0.05, 0.1) is 18.5 Å². The highest BCUT2D eigenvalue weighted by atomic mass is 16.5. The van der Waals surface area contributed by atoms with Crippen LogP contribution in [0.25, 0.3) is 16.9 Å². The minimum absolute atomic E-state index is 0.646. The Morgan fingerprint density at radius 1 is 1.07 bits per heavy atom. The van der Waals surface area contributed by atoms with Crippen molar-refractivity contribution in [2.45, 2.75) is 25.7 Å². The van der Waals surface area contributed by atoms with E-state index in [1.54, 1.807) is 0 Å². The standard InChI is InChI=1S/C22H29N5O/c1-25(2)12-5-6-15-28-22-11-10-21-23-17-20(27(21)24-22)18-8-7-9-19(16-18)26-13-3-4-14-26/h7-11,16-17H,3-6,12-15H2,1-2H3. The van der Waals surface area contributed by atoms with Gasteiger partial charge in [-0.2, -0.15) is 0 Å². The number of ether oxygens (including phenoxy) is 1. The molecule has 0 spiro atoms. The van der Waals surface area contributed by atoms with Gasteiger partial charge in [0.15, 0.2) is 5.65 Å². The maximum absolute atomic E-state index is 5.87. The van der Waals surface area contributed by atoms with Crippen LogP contribution in [0.2, 0.25) is 0 Å². The van der Waals surface area contributed by atoms with Gasteiger partial charge in [0.25, 0.3) is 0 Å². The number of anilines is 1. The third-order valence-electron chi connectivity index (χ3n) is 5.20. The number of benzene rings is 1. The summed E-state index contributed by atoms with van der Waals surface area (Å²) in [7, 11) is 4.19. The molecule has 0 amide bonds. The van der Waals surface area contributed by atoms with Crippen LogP contribution in [-0.4, -0.2) is 59.8 Å². The molecular formula is C22H29N5O. The zero-order valence-electron chi connectivity index (χ0n) is 16.8. The quantitative estimate of drug-likeness (QED) is 0.558. The Bertz CT molecular complexity index is 914. The molecule has 0 atom stereocenters. The van der Waals surface area contributed by atoms with Crippen molar-refractivity contribution in [1.82, 2.24) is 19.5 Å². The number of hydrogen-bond donors (Lipinski definition) is 0. The summed E-state index contributed by atoms with van der Waals surface area (Å²) in [5, 5.41) is 4.68. The maximum atomic E-state index is 5.87. The molecule has 28 heavy (non-hydrogen) atoms. The van der Waals surface area contributed by atoms with Gasteiger partial charge in [0.2, 0.25) is 5.88 Å². The summed E-state index contributed by atoms with van der Waals surface area (Å²) in [6, 6.07) is 12.5. The highest BCUT2D eigenvalue weighted by Gasteiger charge is 2.14. The third kappa shape index (κ3) is 4.28. The second kappa shape index (κ2) is 8.61. The largest absolute Gasteiger partial charge is 0.477 e. The Morgan fingerprint density at radius 3 is 2.75 bits per heavy atom. The van der Waals surface area contributed by atoms with Crippen LogP contribution in [0.3, 0.4) is 0 Å². The highest BCUT2D eigenvalue weighted by molar-refractivity contribution is 5.68. The maximum Gasteiger partial charge on any atom is 0.231 e. The minimum Gasteiger partial charge on any atom is -0.477 e. The van der Waals surface area contributed by atoms with Gasteiger partial charge >= 0.3 is 0 Å². The molecular weight excluding hydrogens is 350 g/mol. The summed E-state index contributed by atoms with van der Waals surface area (Å²) in [5.41, 5.74) is 4.24. The van der Waals surface area contributed by atoms with Crippen molar-refractivity contribution in [3.05, 3.63) is 42.6 Å².